The van der Waals surface area contributed by atoms with Crippen molar-refractivity contribution in [2.45, 2.75) is 39.9 Å². The molecular weight excluding hydrogens is 150 g/mol. The Hall–Kier alpha value is -0.0800. The van der Waals surface area contributed by atoms with E-state index in [1.54, 1.807) is 0 Å². The minimum Gasteiger partial charge on any atom is -0.364 e. The van der Waals surface area contributed by atoms with Crippen LogP contribution in [0.5, 0.6) is 0 Å². The Morgan fingerprint density at radius 3 is 1.83 bits per heavy atom. The van der Waals surface area contributed by atoms with Gasteiger partial charge < -0.3 is 9.22 Å². The van der Waals surface area contributed by atoms with E-state index in [-0.39, 0.29) is 0 Å². The van der Waals surface area contributed by atoms with E-state index in [0.717, 1.165) is 0 Å². The predicted octanol–water partition coefficient (Wildman–Crippen LogP) is 1.65. The van der Waals surface area contributed by atoms with Crippen molar-refractivity contribution in [2.24, 2.45) is 0 Å². The molecule has 0 amide bonds. The summed E-state index contributed by atoms with van der Waals surface area (Å²) in [4.78, 5) is 0. The fourth-order valence-electron chi connectivity index (χ4n) is 2.39. The molecule has 0 bridgehead atoms. The molecule has 1 fully saturated rings. The molecule has 0 N–H and O–H groups in total. The van der Waals surface area contributed by atoms with E-state index in [0.29, 0.717) is 12.2 Å². The lowest BCUT2D eigenvalue weighted by molar-refractivity contribution is -0.938. The van der Waals surface area contributed by atoms with Gasteiger partial charge in [0.1, 0.15) is 25.3 Å². The van der Waals surface area contributed by atoms with Gasteiger partial charge in [-0.2, -0.15) is 0 Å². The largest absolute Gasteiger partial charge is 0.364 e. The molecule has 1 aliphatic rings. The van der Waals surface area contributed by atoms with Crippen LogP contribution >= 0.6 is 0 Å². The molecule has 12 heavy (non-hydrogen) atoms. The van der Waals surface area contributed by atoms with Crippen molar-refractivity contribution < 1.29 is 9.22 Å². The van der Waals surface area contributed by atoms with E-state index < -0.39 is 0 Å². The summed E-state index contributed by atoms with van der Waals surface area (Å²) in [5.74, 6) is 0. The second kappa shape index (κ2) is 3.75. The minimum atomic E-state index is 0.439. The van der Waals surface area contributed by atoms with Crippen molar-refractivity contribution in [2.75, 3.05) is 26.2 Å². The fourth-order valence-corrected chi connectivity index (χ4v) is 2.39. The second-order valence-electron chi connectivity index (χ2n) is 4.10. The molecule has 2 unspecified atom stereocenters. The molecular formula is C10H22NO+. The lowest BCUT2D eigenvalue weighted by Crippen LogP contribution is -2.59. The highest BCUT2D eigenvalue weighted by Gasteiger charge is 2.34. The minimum absolute atomic E-state index is 0.439. The summed E-state index contributed by atoms with van der Waals surface area (Å²) in [6, 6.07) is 0. The molecule has 72 valence electrons. The standard InChI is InChI=1S/C10H22NO/c1-5-11(6-2)7-9(3)12-10(4)8-11/h9-10H,5-8H2,1-4H3/q+1. The number of morpholine rings is 1. The molecule has 2 heteroatoms. The van der Waals surface area contributed by atoms with Gasteiger partial charge in [0.05, 0.1) is 13.1 Å². The third-order valence-electron chi connectivity index (χ3n) is 3.10. The van der Waals surface area contributed by atoms with Crippen LogP contribution in [-0.4, -0.2) is 42.9 Å². The molecule has 1 rings (SSSR count). The first kappa shape index (κ1) is 10.0. The SMILES string of the molecule is CC[N+]1(CC)CC(C)OC(C)C1. The van der Waals surface area contributed by atoms with Crippen LogP contribution in [0.1, 0.15) is 27.7 Å². The molecule has 0 aliphatic carbocycles. The maximum absolute atomic E-state index is 5.73. The lowest BCUT2D eigenvalue weighted by atomic mass is 10.1. The summed E-state index contributed by atoms with van der Waals surface area (Å²) in [6.07, 6.45) is 0.877. The van der Waals surface area contributed by atoms with Crippen LogP contribution in [0.4, 0.5) is 0 Å². The summed E-state index contributed by atoms with van der Waals surface area (Å²) in [5.41, 5.74) is 0. The molecule has 1 saturated heterocycles. The van der Waals surface area contributed by atoms with Gasteiger partial charge in [0.2, 0.25) is 0 Å². The molecule has 1 aliphatic heterocycles. The van der Waals surface area contributed by atoms with E-state index in [1.807, 2.05) is 0 Å². The Balaban J connectivity index is 2.62. The average Bonchev–Trinajstić information content (AvgIpc) is 2.02. The summed E-state index contributed by atoms with van der Waals surface area (Å²) in [5, 5.41) is 0. The van der Waals surface area contributed by atoms with Crippen molar-refractivity contribution in [3.63, 3.8) is 0 Å². The number of hydrogen-bond donors (Lipinski definition) is 0. The van der Waals surface area contributed by atoms with Crippen LogP contribution in [0.25, 0.3) is 0 Å². The summed E-state index contributed by atoms with van der Waals surface area (Å²) in [6.45, 7) is 13.8. The first-order chi connectivity index (χ1) is 5.62. The molecule has 2 nitrogen and oxygen atoms in total. The number of nitrogens with zero attached hydrogens (tertiary/aromatic N) is 1. The molecule has 1 heterocycles. The molecule has 0 aromatic carbocycles. The third-order valence-corrected chi connectivity index (χ3v) is 3.10. The normalized spacial score (nSPS) is 35.0. The summed E-state index contributed by atoms with van der Waals surface area (Å²) >= 11 is 0. The molecule has 0 saturated carbocycles. The lowest BCUT2D eigenvalue weighted by Gasteiger charge is -2.44. The van der Waals surface area contributed by atoms with Crippen LogP contribution in [0.15, 0.2) is 0 Å². The van der Waals surface area contributed by atoms with E-state index in [2.05, 4.69) is 27.7 Å². The zero-order valence-electron chi connectivity index (χ0n) is 8.84. The van der Waals surface area contributed by atoms with Crippen LogP contribution in [0, 0.1) is 0 Å². The van der Waals surface area contributed by atoms with E-state index in [1.165, 1.54) is 30.7 Å². The summed E-state index contributed by atoms with van der Waals surface area (Å²) < 4.78 is 6.97. The van der Waals surface area contributed by atoms with Gasteiger partial charge in [0, 0.05) is 0 Å². The van der Waals surface area contributed by atoms with E-state index in [9.17, 15) is 0 Å². The molecule has 0 radical (unpaired) electrons. The van der Waals surface area contributed by atoms with Crippen LogP contribution in [0.3, 0.4) is 0 Å². The Morgan fingerprint density at radius 1 is 1.08 bits per heavy atom. The third kappa shape index (κ3) is 1.99. The highest BCUT2D eigenvalue weighted by atomic mass is 16.5. The van der Waals surface area contributed by atoms with Gasteiger partial charge in [0.25, 0.3) is 0 Å². The molecule has 0 aromatic heterocycles. The van der Waals surface area contributed by atoms with Crippen molar-refractivity contribution in [1.82, 2.24) is 0 Å². The number of hydrogen-bond acceptors (Lipinski definition) is 1. The van der Waals surface area contributed by atoms with Gasteiger partial charge in [-0.25, -0.2) is 0 Å². The predicted molar refractivity (Wildman–Crippen MR) is 51.1 cm³/mol. The van der Waals surface area contributed by atoms with E-state index in [4.69, 9.17) is 4.74 Å². The Kier molecular flexibility index (Phi) is 3.13. The van der Waals surface area contributed by atoms with Gasteiger partial charge >= 0.3 is 0 Å². The molecule has 2 atom stereocenters. The van der Waals surface area contributed by atoms with Crippen molar-refractivity contribution in [3.8, 4) is 0 Å². The average molecular weight is 172 g/mol. The molecule has 0 spiro atoms. The quantitative estimate of drug-likeness (QED) is 0.575. The second-order valence-corrected chi connectivity index (χ2v) is 4.10. The first-order valence-corrected chi connectivity index (χ1v) is 5.12. The van der Waals surface area contributed by atoms with Gasteiger partial charge in [-0.05, 0) is 27.7 Å². The monoisotopic (exact) mass is 172 g/mol. The Bertz CT molecular complexity index is 131. The Labute approximate surface area is 76.1 Å². The first-order valence-electron chi connectivity index (χ1n) is 5.12. The van der Waals surface area contributed by atoms with Crippen molar-refractivity contribution in [3.05, 3.63) is 0 Å². The number of ether oxygens (including phenoxy) is 1. The van der Waals surface area contributed by atoms with Gasteiger partial charge in [-0.3, -0.25) is 0 Å². The van der Waals surface area contributed by atoms with Gasteiger partial charge in [-0.1, -0.05) is 0 Å². The fraction of sp³-hybridized carbons (Fsp3) is 1.00. The smallest absolute Gasteiger partial charge is 0.105 e. The van der Waals surface area contributed by atoms with E-state index >= 15 is 0 Å². The highest BCUT2D eigenvalue weighted by molar-refractivity contribution is 4.62. The van der Waals surface area contributed by atoms with Crippen molar-refractivity contribution in [1.29, 1.82) is 0 Å². The van der Waals surface area contributed by atoms with Crippen LogP contribution in [0.2, 0.25) is 0 Å². The number of quaternary nitrogens is 1. The zero-order valence-corrected chi connectivity index (χ0v) is 8.84. The topological polar surface area (TPSA) is 9.23 Å². The summed E-state index contributed by atoms with van der Waals surface area (Å²) in [7, 11) is 0. The number of rotatable bonds is 2. The maximum atomic E-state index is 5.73. The van der Waals surface area contributed by atoms with Crippen LogP contribution in [-0.2, 0) is 4.74 Å². The highest BCUT2D eigenvalue weighted by Crippen LogP contribution is 2.18. The maximum Gasteiger partial charge on any atom is 0.105 e. The van der Waals surface area contributed by atoms with Gasteiger partial charge in [0.15, 0.2) is 0 Å². The van der Waals surface area contributed by atoms with Gasteiger partial charge in [-0.15, -0.1) is 0 Å². The molecule has 0 aromatic rings. The Morgan fingerprint density at radius 2 is 1.50 bits per heavy atom. The van der Waals surface area contributed by atoms with Crippen molar-refractivity contribution >= 4 is 0 Å². The van der Waals surface area contributed by atoms with Crippen LogP contribution < -0.4 is 0 Å². The zero-order chi connectivity index (χ0) is 9.19. The number of likely N-dealkylation sites (N-methyl/N-ethyl adjacent to an activating group) is 1.